The molecule has 0 amide bonds. The summed E-state index contributed by atoms with van der Waals surface area (Å²) in [5.41, 5.74) is 2.97. The molecule has 0 radical (unpaired) electrons. The van der Waals surface area contributed by atoms with Gasteiger partial charge in [-0.2, -0.15) is 0 Å². The molecule has 162 valence electrons. The van der Waals surface area contributed by atoms with E-state index in [4.69, 9.17) is 18.9 Å². The molecule has 3 rings (SSSR count). The first-order chi connectivity index (χ1) is 14.4. The van der Waals surface area contributed by atoms with Gasteiger partial charge in [-0.3, -0.25) is 9.69 Å². The quantitative estimate of drug-likeness (QED) is 0.631. The van der Waals surface area contributed by atoms with E-state index in [-0.39, 0.29) is 12.4 Å². The maximum Gasteiger partial charge on any atom is 0.161 e. The van der Waals surface area contributed by atoms with Crippen molar-refractivity contribution in [2.45, 2.75) is 26.0 Å². The molecule has 0 saturated carbocycles. The summed E-state index contributed by atoms with van der Waals surface area (Å²) < 4.78 is 21.8. The van der Waals surface area contributed by atoms with Gasteiger partial charge in [-0.25, -0.2) is 0 Å². The normalized spacial score (nSPS) is 14.6. The Morgan fingerprint density at radius 2 is 1.63 bits per heavy atom. The van der Waals surface area contributed by atoms with Crippen molar-refractivity contribution in [3.05, 3.63) is 47.0 Å². The maximum absolute atomic E-state index is 11.5. The van der Waals surface area contributed by atoms with E-state index in [2.05, 4.69) is 4.90 Å². The molecular formula is C23H29NO6. The minimum absolute atomic E-state index is 0.0421. The molecule has 7 nitrogen and oxygen atoms in total. The van der Waals surface area contributed by atoms with Crippen LogP contribution < -0.4 is 18.9 Å². The molecule has 30 heavy (non-hydrogen) atoms. The zero-order valence-electron chi connectivity index (χ0n) is 17.9. The number of methoxy groups -OCH3 is 3. The summed E-state index contributed by atoms with van der Waals surface area (Å²) in [7, 11) is 4.79. The van der Waals surface area contributed by atoms with Gasteiger partial charge in [-0.15, -0.1) is 0 Å². The Kier molecular flexibility index (Phi) is 7.18. The van der Waals surface area contributed by atoms with Crippen LogP contribution in [0.15, 0.2) is 30.3 Å². The van der Waals surface area contributed by atoms with Gasteiger partial charge in [0.2, 0.25) is 0 Å². The van der Waals surface area contributed by atoms with Crippen LogP contribution in [0.5, 0.6) is 23.0 Å². The third-order valence-corrected chi connectivity index (χ3v) is 5.27. The van der Waals surface area contributed by atoms with Crippen LogP contribution in [-0.2, 0) is 13.0 Å². The minimum Gasteiger partial charge on any atom is -0.493 e. The number of fused-ring (bicyclic) bond motifs is 1. The second-order valence-electron chi connectivity index (χ2n) is 7.35. The summed E-state index contributed by atoms with van der Waals surface area (Å²) >= 11 is 0. The predicted molar refractivity (Wildman–Crippen MR) is 113 cm³/mol. The zero-order valence-corrected chi connectivity index (χ0v) is 17.9. The van der Waals surface area contributed by atoms with E-state index in [0.717, 1.165) is 25.3 Å². The molecule has 1 atom stereocenters. The molecule has 2 aromatic carbocycles. The number of nitrogens with zero attached hydrogens (tertiary/aromatic N) is 1. The second kappa shape index (κ2) is 9.82. The monoisotopic (exact) mass is 415 g/mol. The molecule has 1 heterocycles. The van der Waals surface area contributed by atoms with Crippen molar-refractivity contribution in [1.29, 1.82) is 0 Å². The SMILES string of the molecule is COc1cc2c(cc1OC)CN(CC(O)COc1ccc(C(C)=O)cc1OC)CC2. The summed E-state index contributed by atoms with van der Waals surface area (Å²) in [5.74, 6) is 2.38. The maximum atomic E-state index is 11.5. The molecule has 7 heteroatoms. The molecular weight excluding hydrogens is 386 g/mol. The lowest BCUT2D eigenvalue weighted by atomic mass is 9.98. The molecule has 0 bridgehead atoms. The third kappa shape index (κ3) is 5.04. The Morgan fingerprint density at radius 3 is 2.27 bits per heavy atom. The fourth-order valence-corrected chi connectivity index (χ4v) is 3.64. The lowest BCUT2D eigenvalue weighted by Gasteiger charge is -2.31. The lowest BCUT2D eigenvalue weighted by Crippen LogP contribution is -2.38. The van der Waals surface area contributed by atoms with Crippen LogP contribution in [0.4, 0.5) is 0 Å². The Balaban J connectivity index is 1.59. The van der Waals surface area contributed by atoms with Gasteiger partial charge in [0.05, 0.1) is 21.3 Å². The van der Waals surface area contributed by atoms with Crippen molar-refractivity contribution in [3.63, 3.8) is 0 Å². The van der Waals surface area contributed by atoms with Crippen LogP contribution in [0.3, 0.4) is 0 Å². The van der Waals surface area contributed by atoms with Gasteiger partial charge >= 0.3 is 0 Å². The predicted octanol–water partition coefficient (Wildman–Crippen LogP) is 2.71. The van der Waals surface area contributed by atoms with E-state index in [1.165, 1.54) is 25.2 Å². The van der Waals surface area contributed by atoms with Gasteiger partial charge in [-0.1, -0.05) is 0 Å². The standard InChI is InChI=1S/C23H29NO6/c1-15(25)16-5-6-20(21(9-16)27-2)30-14-19(26)13-24-8-7-17-10-22(28-3)23(29-4)11-18(17)12-24/h5-6,9-11,19,26H,7-8,12-14H2,1-4H3. The number of hydrogen-bond donors (Lipinski definition) is 1. The van der Waals surface area contributed by atoms with Crippen LogP contribution >= 0.6 is 0 Å². The lowest BCUT2D eigenvalue weighted by molar-refractivity contribution is 0.0627. The average molecular weight is 415 g/mol. The van der Waals surface area contributed by atoms with Crippen molar-refractivity contribution in [1.82, 2.24) is 4.90 Å². The number of aliphatic hydroxyl groups excluding tert-OH is 1. The number of β-amino-alcohol motifs (C(OH)–C–C–N with tert-alkyl or cyclic N) is 1. The highest BCUT2D eigenvalue weighted by molar-refractivity contribution is 5.94. The Bertz CT molecular complexity index is 898. The number of Topliss-reactive ketones (excluding diaryl/α,β-unsaturated/α-hetero) is 1. The van der Waals surface area contributed by atoms with Crippen molar-refractivity contribution < 1.29 is 28.8 Å². The van der Waals surface area contributed by atoms with E-state index in [1.54, 1.807) is 32.4 Å². The smallest absolute Gasteiger partial charge is 0.161 e. The van der Waals surface area contributed by atoms with Crippen LogP contribution in [-0.4, -0.2) is 62.9 Å². The number of rotatable bonds is 9. The second-order valence-corrected chi connectivity index (χ2v) is 7.35. The fraction of sp³-hybridized carbons (Fsp3) is 0.435. The van der Waals surface area contributed by atoms with Gasteiger partial charge < -0.3 is 24.1 Å². The number of aliphatic hydroxyl groups is 1. The van der Waals surface area contributed by atoms with Crippen LogP contribution in [0.2, 0.25) is 0 Å². The topological polar surface area (TPSA) is 77.5 Å². The van der Waals surface area contributed by atoms with E-state index in [0.29, 0.717) is 29.4 Å². The van der Waals surface area contributed by atoms with Gasteiger partial charge in [0.1, 0.15) is 12.7 Å². The highest BCUT2D eigenvalue weighted by Crippen LogP contribution is 2.33. The van der Waals surface area contributed by atoms with Crippen LogP contribution in [0, 0.1) is 0 Å². The number of carbonyl (C=O) groups is 1. The molecule has 2 aromatic rings. The first-order valence-corrected chi connectivity index (χ1v) is 9.91. The first kappa shape index (κ1) is 21.9. The largest absolute Gasteiger partial charge is 0.493 e. The summed E-state index contributed by atoms with van der Waals surface area (Å²) in [6, 6.07) is 9.06. The van der Waals surface area contributed by atoms with Gasteiger partial charge in [0.25, 0.3) is 0 Å². The minimum atomic E-state index is -0.663. The summed E-state index contributed by atoms with van der Waals surface area (Å²) in [5, 5.41) is 10.5. The molecule has 0 saturated heterocycles. The van der Waals surface area contributed by atoms with E-state index < -0.39 is 6.10 Å². The van der Waals surface area contributed by atoms with E-state index >= 15 is 0 Å². The Hall–Kier alpha value is -2.77. The van der Waals surface area contributed by atoms with Gasteiger partial charge in [0, 0.05) is 25.2 Å². The van der Waals surface area contributed by atoms with Gasteiger partial charge in [0.15, 0.2) is 28.8 Å². The number of hydrogen-bond acceptors (Lipinski definition) is 7. The van der Waals surface area contributed by atoms with Gasteiger partial charge in [-0.05, 0) is 54.8 Å². The Labute approximate surface area is 177 Å². The third-order valence-electron chi connectivity index (χ3n) is 5.27. The molecule has 0 spiro atoms. The van der Waals surface area contributed by atoms with E-state index in [1.807, 2.05) is 12.1 Å². The zero-order chi connectivity index (χ0) is 21.7. The van der Waals surface area contributed by atoms with Crippen molar-refractivity contribution in [2.75, 3.05) is 41.0 Å². The van der Waals surface area contributed by atoms with Crippen LogP contribution in [0.25, 0.3) is 0 Å². The Morgan fingerprint density at radius 1 is 1.00 bits per heavy atom. The highest BCUT2D eigenvalue weighted by atomic mass is 16.5. The van der Waals surface area contributed by atoms with Crippen molar-refractivity contribution in [2.24, 2.45) is 0 Å². The number of ether oxygens (including phenoxy) is 4. The molecule has 1 unspecified atom stereocenters. The van der Waals surface area contributed by atoms with Crippen molar-refractivity contribution >= 4 is 5.78 Å². The average Bonchev–Trinajstić information content (AvgIpc) is 2.76. The summed E-state index contributed by atoms with van der Waals surface area (Å²) in [4.78, 5) is 13.7. The molecule has 1 aliphatic heterocycles. The molecule has 1 N–H and O–H groups in total. The summed E-state index contributed by atoms with van der Waals surface area (Å²) in [6.07, 6.45) is 0.215. The fourth-order valence-electron chi connectivity index (χ4n) is 3.64. The number of ketones is 1. The van der Waals surface area contributed by atoms with Crippen molar-refractivity contribution in [3.8, 4) is 23.0 Å². The summed E-state index contributed by atoms with van der Waals surface area (Å²) in [6.45, 7) is 3.69. The number of carbonyl (C=O) groups excluding carboxylic acids is 1. The first-order valence-electron chi connectivity index (χ1n) is 9.91. The molecule has 0 aromatic heterocycles. The highest BCUT2D eigenvalue weighted by Gasteiger charge is 2.22. The van der Waals surface area contributed by atoms with E-state index in [9.17, 15) is 9.90 Å². The molecule has 0 aliphatic carbocycles. The molecule has 1 aliphatic rings. The van der Waals surface area contributed by atoms with Crippen LogP contribution in [0.1, 0.15) is 28.4 Å². The number of benzene rings is 2. The molecule has 0 fully saturated rings.